The van der Waals surface area contributed by atoms with Crippen molar-refractivity contribution in [1.29, 1.82) is 0 Å². The van der Waals surface area contributed by atoms with Crippen molar-refractivity contribution in [3.05, 3.63) is 34.7 Å². The van der Waals surface area contributed by atoms with Gasteiger partial charge >= 0.3 is 15.5 Å². The van der Waals surface area contributed by atoms with Crippen molar-refractivity contribution in [3.8, 4) is 11.3 Å². The Balaban J connectivity index is 2.25. The molecule has 2 aromatic rings. The Bertz CT molecular complexity index is 724. The topological polar surface area (TPSA) is 59.1 Å². The third-order valence-corrected chi connectivity index (χ3v) is 4.98. The lowest BCUT2D eigenvalue weighted by Gasteiger charge is -2.10. The van der Waals surface area contributed by atoms with Crippen LogP contribution < -0.4 is 4.72 Å². The van der Waals surface area contributed by atoms with E-state index in [-0.39, 0.29) is 5.69 Å². The highest BCUT2D eigenvalue weighted by Gasteiger charge is 2.45. The summed E-state index contributed by atoms with van der Waals surface area (Å²) in [5.74, 6) is 0.489. The van der Waals surface area contributed by atoms with E-state index in [1.165, 1.54) is 40.3 Å². The van der Waals surface area contributed by atoms with Crippen LogP contribution in [0.3, 0.4) is 0 Å². The number of halogens is 3. The van der Waals surface area contributed by atoms with E-state index in [1.54, 1.807) is 5.51 Å². The molecule has 0 bridgehead atoms. The molecule has 1 heterocycles. The van der Waals surface area contributed by atoms with Crippen LogP contribution in [0.15, 0.2) is 29.8 Å². The minimum Gasteiger partial charge on any atom is -0.276 e. The number of rotatable bonds is 4. The molecule has 1 aromatic heterocycles. The molecule has 114 valence electrons. The van der Waals surface area contributed by atoms with Gasteiger partial charge in [0.25, 0.3) is 0 Å². The van der Waals surface area contributed by atoms with E-state index in [1.807, 2.05) is 0 Å². The first-order valence-electron chi connectivity index (χ1n) is 5.47. The zero-order valence-corrected chi connectivity index (χ0v) is 12.8. The summed E-state index contributed by atoms with van der Waals surface area (Å²) in [6.45, 7) is 0. The number of alkyl halides is 3. The zero-order valence-electron chi connectivity index (χ0n) is 10.3. The Morgan fingerprint density at radius 2 is 1.86 bits per heavy atom. The summed E-state index contributed by atoms with van der Waals surface area (Å²) in [4.78, 5) is 5.07. The van der Waals surface area contributed by atoms with Crippen molar-refractivity contribution in [3.63, 3.8) is 0 Å². The molecular weight excluding hydrogens is 345 g/mol. The van der Waals surface area contributed by atoms with Crippen molar-refractivity contribution in [2.75, 3.05) is 4.72 Å². The summed E-state index contributed by atoms with van der Waals surface area (Å²) in [6.07, 6.45) is 0. The van der Waals surface area contributed by atoms with E-state index >= 15 is 0 Å². The molecule has 0 saturated carbocycles. The molecule has 21 heavy (non-hydrogen) atoms. The number of hydrogen-bond acceptors (Lipinski definition) is 5. The van der Waals surface area contributed by atoms with Gasteiger partial charge < -0.3 is 0 Å². The second kappa shape index (κ2) is 5.85. The molecular formula is C11H9F3N2O2S3. The van der Waals surface area contributed by atoms with Crippen molar-refractivity contribution >= 4 is 39.7 Å². The van der Waals surface area contributed by atoms with Crippen LogP contribution in [0.4, 0.5) is 18.9 Å². The largest absolute Gasteiger partial charge is 0.516 e. The van der Waals surface area contributed by atoms with Gasteiger partial charge in [0, 0.05) is 21.9 Å². The smallest absolute Gasteiger partial charge is 0.276 e. The molecule has 0 spiro atoms. The molecule has 0 saturated heterocycles. The number of thiol groups is 1. The van der Waals surface area contributed by atoms with E-state index in [4.69, 9.17) is 0 Å². The number of thiazole rings is 1. The number of sulfonamides is 1. The van der Waals surface area contributed by atoms with E-state index in [2.05, 4.69) is 17.6 Å². The molecule has 2 rings (SSSR count). The van der Waals surface area contributed by atoms with E-state index in [9.17, 15) is 21.6 Å². The van der Waals surface area contributed by atoms with Gasteiger partial charge in [-0.1, -0.05) is 12.1 Å². The first-order chi connectivity index (χ1) is 9.74. The van der Waals surface area contributed by atoms with Gasteiger partial charge in [-0.15, -0.1) is 11.3 Å². The lowest BCUT2D eigenvalue weighted by Crippen LogP contribution is -2.29. The number of nitrogens with zero attached hydrogens (tertiary/aromatic N) is 1. The third kappa shape index (κ3) is 3.50. The zero-order chi connectivity index (χ0) is 15.7. The predicted octanol–water partition coefficient (Wildman–Crippen LogP) is 3.50. The Kier molecular flexibility index (Phi) is 4.49. The lowest BCUT2D eigenvalue weighted by atomic mass is 10.1. The van der Waals surface area contributed by atoms with Crippen LogP contribution >= 0.6 is 24.0 Å². The van der Waals surface area contributed by atoms with E-state index in [0.717, 1.165) is 4.88 Å². The lowest BCUT2D eigenvalue weighted by molar-refractivity contribution is -0.0429. The monoisotopic (exact) mass is 354 g/mol. The maximum Gasteiger partial charge on any atom is 0.516 e. The fourth-order valence-corrected chi connectivity index (χ4v) is 3.10. The molecule has 0 aliphatic carbocycles. The first-order valence-corrected chi connectivity index (χ1v) is 8.47. The fraction of sp³-hybridized carbons (Fsp3) is 0.182. The maximum atomic E-state index is 12.3. The minimum atomic E-state index is -5.41. The van der Waals surface area contributed by atoms with Crippen molar-refractivity contribution in [2.24, 2.45) is 0 Å². The van der Waals surface area contributed by atoms with Crippen molar-refractivity contribution in [1.82, 2.24) is 4.98 Å². The Hall–Kier alpha value is -1.26. The van der Waals surface area contributed by atoms with E-state index in [0.29, 0.717) is 17.0 Å². The summed E-state index contributed by atoms with van der Waals surface area (Å²) < 4.78 is 60.2. The molecule has 10 heteroatoms. The minimum absolute atomic E-state index is 0.168. The Labute approximate surface area is 128 Å². The number of hydrogen-bond donors (Lipinski definition) is 2. The normalized spacial score (nSPS) is 12.4. The van der Waals surface area contributed by atoms with Crippen LogP contribution in [0.5, 0.6) is 0 Å². The summed E-state index contributed by atoms with van der Waals surface area (Å²) >= 11 is 5.57. The van der Waals surface area contributed by atoms with E-state index < -0.39 is 15.5 Å². The summed E-state index contributed by atoms with van der Waals surface area (Å²) in [7, 11) is -5.41. The third-order valence-electron chi connectivity index (χ3n) is 2.50. The fourth-order valence-electron chi connectivity index (χ4n) is 1.53. The van der Waals surface area contributed by atoms with Gasteiger partial charge in [0.2, 0.25) is 0 Å². The van der Waals surface area contributed by atoms with Gasteiger partial charge in [-0.25, -0.2) is 4.98 Å². The molecule has 4 nitrogen and oxygen atoms in total. The van der Waals surface area contributed by atoms with Gasteiger partial charge in [0.1, 0.15) is 0 Å². The summed E-state index contributed by atoms with van der Waals surface area (Å²) in [5.41, 5.74) is -2.52. The number of anilines is 1. The molecule has 0 amide bonds. The van der Waals surface area contributed by atoms with Crippen LogP contribution in [0.2, 0.25) is 0 Å². The average Bonchev–Trinajstić information content (AvgIpc) is 2.86. The van der Waals surface area contributed by atoms with Crippen LogP contribution in [-0.2, 0) is 15.8 Å². The molecule has 1 aromatic carbocycles. The van der Waals surface area contributed by atoms with Gasteiger partial charge in [-0.3, -0.25) is 4.72 Å². The predicted molar refractivity (Wildman–Crippen MR) is 78.8 cm³/mol. The number of nitrogens with one attached hydrogen (secondary N) is 1. The van der Waals surface area contributed by atoms with Crippen LogP contribution in [-0.4, -0.2) is 18.9 Å². The SMILES string of the molecule is O=S(=O)(Nc1ccc(-c2ncsc2CS)cc1)C(F)(F)F. The van der Waals surface area contributed by atoms with Crippen molar-refractivity contribution < 1.29 is 21.6 Å². The quantitative estimate of drug-likeness (QED) is 0.826. The second-order valence-corrected chi connectivity index (χ2v) is 6.84. The highest BCUT2D eigenvalue weighted by molar-refractivity contribution is 7.93. The van der Waals surface area contributed by atoms with Crippen molar-refractivity contribution in [2.45, 2.75) is 11.3 Å². The van der Waals surface area contributed by atoms with Gasteiger partial charge in [-0.2, -0.15) is 34.2 Å². The Morgan fingerprint density at radius 1 is 1.24 bits per heavy atom. The molecule has 0 unspecified atom stereocenters. The molecule has 0 fully saturated rings. The van der Waals surface area contributed by atoms with Gasteiger partial charge in [0.15, 0.2) is 0 Å². The standard InChI is InChI=1S/C11H9F3N2O2S3/c12-11(13,14)21(17,18)16-8-3-1-7(2-4-8)10-9(5-19)20-6-15-10/h1-4,6,16,19H,5H2. The second-order valence-electron chi connectivity index (χ2n) is 3.91. The highest BCUT2D eigenvalue weighted by atomic mass is 32.2. The Morgan fingerprint density at radius 3 is 2.38 bits per heavy atom. The summed E-state index contributed by atoms with van der Waals surface area (Å²) in [6, 6.07) is 5.49. The van der Waals surface area contributed by atoms with Gasteiger partial charge in [0.05, 0.1) is 11.2 Å². The maximum absolute atomic E-state index is 12.3. The number of aromatic nitrogens is 1. The molecule has 0 atom stereocenters. The average molecular weight is 354 g/mol. The van der Waals surface area contributed by atoms with Gasteiger partial charge in [-0.05, 0) is 12.1 Å². The molecule has 0 radical (unpaired) electrons. The van der Waals surface area contributed by atoms with Crippen LogP contribution in [0, 0.1) is 0 Å². The number of benzene rings is 1. The van der Waals surface area contributed by atoms with Crippen LogP contribution in [0.25, 0.3) is 11.3 Å². The summed E-state index contributed by atoms with van der Waals surface area (Å²) in [5, 5.41) is 0. The first kappa shape index (κ1) is 16.1. The molecule has 0 aliphatic heterocycles. The highest BCUT2D eigenvalue weighted by Crippen LogP contribution is 2.29. The van der Waals surface area contributed by atoms with Crippen LogP contribution in [0.1, 0.15) is 4.88 Å². The molecule has 0 aliphatic rings. The molecule has 1 N–H and O–H groups in total.